The predicted molar refractivity (Wildman–Crippen MR) is 94.6 cm³/mol. The smallest absolute Gasteiger partial charge is 0.410 e. The molecule has 6 nitrogen and oxygen atoms in total. The SMILES string of the molecule is C[C@@H]1CN(C(=O)Cc2ccc(Br)cn2)CCN1C(=O)OC(C)(C)C. The minimum absolute atomic E-state index is 0.0283. The lowest BCUT2D eigenvalue weighted by Crippen LogP contribution is -2.56. The fraction of sp³-hybridized carbons (Fsp3) is 0.588. The molecule has 2 heterocycles. The van der Waals surface area contributed by atoms with Crippen LogP contribution in [0.5, 0.6) is 0 Å². The van der Waals surface area contributed by atoms with Crippen molar-refractivity contribution >= 4 is 27.9 Å². The Bertz CT molecular complexity index is 598. The Morgan fingerprint density at radius 2 is 2.04 bits per heavy atom. The first-order valence-electron chi connectivity index (χ1n) is 8.03. The molecule has 132 valence electrons. The molecule has 0 bridgehead atoms. The van der Waals surface area contributed by atoms with Crippen LogP contribution in [0.2, 0.25) is 0 Å². The molecule has 2 rings (SSSR count). The molecule has 0 aliphatic carbocycles. The van der Waals surface area contributed by atoms with Crippen molar-refractivity contribution in [2.45, 2.75) is 45.8 Å². The Kier molecular flexibility index (Phi) is 5.85. The van der Waals surface area contributed by atoms with Crippen molar-refractivity contribution in [2.75, 3.05) is 19.6 Å². The van der Waals surface area contributed by atoms with E-state index < -0.39 is 5.60 Å². The highest BCUT2D eigenvalue weighted by atomic mass is 79.9. The molecule has 0 aromatic carbocycles. The number of halogens is 1. The topological polar surface area (TPSA) is 62.7 Å². The number of nitrogens with zero attached hydrogens (tertiary/aromatic N) is 3. The summed E-state index contributed by atoms with van der Waals surface area (Å²) in [5, 5.41) is 0. The van der Waals surface area contributed by atoms with Crippen LogP contribution < -0.4 is 0 Å². The number of carbonyl (C=O) groups is 2. The second kappa shape index (κ2) is 7.51. The molecule has 7 heteroatoms. The highest BCUT2D eigenvalue weighted by molar-refractivity contribution is 9.10. The standard InChI is InChI=1S/C17H24BrN3O3/c1-12-11-20(7-8-21(12)16(23)24-17(2,3)4)15(22)9-14-6-5-13(18)10-19-14/h5-6,10,12H,7-9,11H2,1-4H3/t12-/m1/s1. The average molecular weight is 398 g/mol. The van der Waals surface area contributed by atoms with Crippen molar-refractivity contribution in [3.05, 3.63) is 28.5 Å². The summed E-state index contributed by atoms with van der Waals surface area (Å²) in [5.41, 5.74) is 0.224. The van der Waals surface area contributed by atoms with Gasteiger partial charge in [0.15, 0.2) is 0 Å². The summed E-state index contributed by atoms with van der Waals surface area (Å²) >= 11 is 3.33. The largest absolute Gasteiger partial charge is 0.444 e. The zero-order valence-corrected chi connectivity index (χ0v) is 16.2. The van der Waals surface area contributed by atoms with Gasteiger partial charge in [0.25, 0.3) is 0 Å². The molecule has 2 amide bonds. The average Bonchev–Trinajstić information content (AvgIpc) is 2.47. The molecule has 1 aromatic heterocycles. The number of pyridine rings is 1. The van der Waals surface area contributed by atoms with Crippen molar-refractivity contribution in [3.8, 4) is 0 Å². The molecule has 0 radical (unpaired) electrons. The van der Waals surface area contributed by atoms with E-state index in [4.69, 9.17) is 4.74 Å². The van der Waals surface area contributed by atoms with Crippen molar-refractivity contribution in [3.63, 3.8) is 0 Å². The summed E-state index contributed by atoms with van der Waals surface area (Å²) in [6.07, 6.45) is 1.63. The molecule has 1 saturated heterocycles. The molecule has 1 aromatic rings. The van der Waals surface area contributed by atoms with E-state index in [1.807, 2.05) is 39.8 Å². The van der Waals surface area contributed by atoms with Gasteiger partial charge in [-0.2, -0.15) is 0 Å². The van der Waals surface area contributed by atoms with E-state index >= 15 is 0 Å². The van der Waals surface area contributed by atoms with Gasteiger partial charge in [0, 0.05) is 42.0 Å². The van der Waals surface area contributed by atoms with Gasteiger partial charge in [0.2, 0.25) is 5.91 Å². The third kappa shape index (κ3) is 5.19. The number of amides is 2. The van der Waals surface area contributed by atoms with Crippen LogP contribution in [0, 0.1) is 0 Å². The van der Waals surface area contributed by atoms with E-state index in [1.165, 1.54) is 0 Å². The third-order valence-electron chi connectivity index (χ3n) is 3.73. The summed E-state index contributed by atoms with van der Waals surface area (Å²) in [6.45, 7) is 8.98. The van der Waals surface area contributed by atoms with Gasteiger partial charge in [0.05, 0.1) is 6.42 Å². The molecule has 0 spiro atoms. The lowest BCUT2D eigenvalue weighted by atomic mass is 10.1. The molecule has 1 atom stereocenters. The zero-order valence-electron chi connectivity index (χ0n) is 14.6. The fourth-order valence-electron chi connectivity index (χ4n) is 2.55. The highest BCUT2D eigenvalue weighted by Gasteiger charge is 2.32. The quantitative estimate of drug-likeness (QED) is 0.769. The first-order valence-corrected chi connectivity index (χ1v) is 8.83. The molecular weight excluding hydrogens is 374 g/mol. The molecule has 24 heavy (non-hydrogen) atoms. The minimum atomic E-state index is -0.517. The minimum Gasteiger partial charge on any atom is -0.444 e. The first kappa shape index (κ1) is 18.7. The van der Waals surface area contributed by atoms with E-state index in [2.05, 4.69) is 20.9 Å². The van der Waals surface area contributed by atoms with Crippen LogP contribution in [0.15, 0.2) is 22.8 Å². The van der Waals surface area contributed by atoms with Gasteiger partial charge in [-0.1, -0.05) is 0 Å². The maximum Gasteiger partial charge on any atom is 0.410 e. The van der Waals surface area contributed by atoms with Crippen molar-refractivity contribution in [1.29, 1.82) is 0 Å². The van der Waals surface area contributed by atoms with Crippen LogP contribution in [0.3, 0.4) is 0 Å². The van der Waals surface area contributed by atoms with Crippen LogP contribution >= 0.6 is 15.9 Å². The Morgan fingerprint density at radius 1 is 1.33 bits per heavy atom. The molecule has 0 saturated carbocycles. The van der Waals surface area contributed by atoms with Gasteiger partial charge in [-0.25, -0.2) is 4.79 Å². The van der Waals surface area contributed by atoms with E-state index in [-0.39, 0.29) is 24.5 Å². The number of hydrogen-bond acceptors (Lipinski definition) is 4. The number of carbonyl (C=O) groups excluding carboxylic acids is 2. The van der Waals surface area contributed by atoms with Gasteiger partial charge in [0.1, 0.15) is 5.60 Å². The number of rotatable bonds is 2. The van der Waals surface area contributed by atoms with Crippen LogP contribution in [0.4, 0.5) is 4.79 Å². The van der Waals surface area contributed by atoms with Crippen molar-refractivity contribution in [2.24, 2.45) is 0 Å². The second-order valence-corrected chi connectivity index (χ2v) is 7.92. The molecule has 1 aliphatic rings. The first-order chi connectivity index (χ1) is 11.2. The summed E-state index contributed by atoms with van der Waals surface area (Å²) in [7, 11) is 0. The normalized spacial score (nSPS) is 18.5. The van der Waals surface area contributed by atoms with E-state index in [0.717, 1.165) is 10.2 Å². The Hall–Kier alpha value is -1.63. The van der Waals surface area contributed by atoms with E-state index in [1.54, 1.807) is 16.0 Å². The number of ether oxygens (including phenoxy) is 1. The zero-order chi connectivity index (χ0) is 17.9. The van der Waals surface area contributed by atoms with Crippen LogP contribution in [-0.2, 0) is 16.0 Å². The molecule has 1 aliphatic heterocycles. The summed E-state index contributed by atoms with van der Waals surface area (Å²) in [6, 6.07) is 3.64. The van der Waals surface area contributed by atoms with Gasteiger partial charge in [-0.3, -0.25) is 9.78 Å². The summed E-state index contributed by atoms with van der Waals surface area (Å²) in [5.74, 6) is 0.0283. The molecular formula is C17H24BrN3O3. The number of aromatic nitrogens is 1. The molecule has 0 unspecified atom stereocenters. The number of piperazine rings is 1. The summed E-state index contributed by atoms with van der Waals surface area (Å²) in [4.78, 5) is 32.4. The van der Waals surface area contributed by atoms with E-state index in [0.29, 0.717) is 19.6 Å². The van der Waals surface area contributed by atoms with Gasteiger partial charge < -0.3 is 14.5 Å². The van der Waals surface area contributed by atoms with Crippen LogP contribution in [0.1, 0.15) is 33.4 Å². The highest BCUT2D eigenvalue weighted by Crippen LogP contribution is 2.16. The lowest BCUT2D eigenvalue weighted by molar-refractivity contribution is -0.133. The number of hydrogen-bond donors (Lipinski definition) is 0. The van der Waals surface area contributed by atoms with E-state index in [9.17, 15) is 9.59 Å². The Morgan fingerprint density at radius 3 is 2.58 bits per heavy atom. The van der Waals surface area contributed by atoms with Gasteiger partial charge in [-0.05, 0) is 55.8 Å². The predicted octanol–water partition coefficient (Wildman–Crippen LogP) is 2.85. The Labute approximate surface area is 151 Å². The monoisotopic (exact) mass is 397 g/mol. The third-order valence-corrected chi connectivity index (χ3v) is 4.20. The summed E-state index contributed by atoms with van der Waals surface area (Å²) < 4.78 is 6.31. The van der Waals surface area contributed by atoms with Crippen molar-refractivity contribution in [1.82, 2.24) is 14.8 Å². The maximum atomic E-state index is 12.4. The molecule has 0 N–H and O–H groups in total. The van der Waals surface area contributed by atoms with Crippen LogP contribution in [-0.4, -0.2) is 58.1 Å². The fourth-order valence-corrected chi connectivity index (χ4v) is 2.79. The molecule has 1 fully saturated rings. The lowest BCUT2D eigenvalue weighted by Gasteiger charge is -2.40. The van der Waals surface area contributed by atoms with Crippen molar-refractivity contribution < 1.29 is 14.3 Å². The maximum absolute atomic E-state index is 12.4. The van der Waals surface area contributed by atoms with Crippen LogP contribution in [0.25, 0.3) is 0 Å². The van der Waals surface area contributed by atoms with Gasteiger partial charge in [-0.15, -0.1) is 0 Å². The Balaban J connectivity index is 1.91. The van der Waals surface area contributed by atoms with Gasteiger partial charge >= 0.3 is 6.09 Å². The second-order valence-electron chi connectivity index (χ2n) is 7.01.